The second-order valence-corrected chi connectivity index (χ2v) is 8.93. The van der Waals surface area contributed by atoms with Crippen LogP contribution in [0.5, 0.6) is 0 Å². The second kappa shape index (κ2) is 9.12. The quantitative estimate of drug-likeness (QED) is 0.700. The van der Waals surface area contributed by atoms with E-state index in [1.165, 1.54) is 6.92 Å². The van der Waals surface area contributed by atoms with E-state index in [0.717, 1.165) is 30.4 Å². The summed E-state index contributed by atoms with van der Waals surface area (Å²) in [6, 6.07) is 5.70. The van der Waals surface area contributed by atoms with Crippen LogP contribution in [0.1, 0.15) is 61.7 Å². The molecule has 148 valence electrons. The minimum absolute atomic E-state index is 0.0269. The smallest absolute Gasteiger partial charge is 0.244 e. The molecule has 1 amide bonds. The Kier molecular flexibility index (Phi) is 7.12. The summed E-state index contributed by atoms with van der Waals surface area (Å²) in [5.41, 5.74) is 2.53. The number of nitrogens with zero attached hydrogens (tertiary/aromatic N) is 2. The Morgan fingerprint density at radius 3 is 2.70 bits per heavy atom. The molecule has 0 aliphatic carbocycles. The molecule has 0 aliphatic heterocycles. The van der Waals surface area contributed by atoms with Crippen molar-refractivity contribution in [2.24, 2.45) is 0 Å². The van der Waals surface area contributed by atoms with Crippen molar-refractivity contribution in [3.8, 4) is 0 Å². The summed E-state index contributed by atoms with van der Waals surface area (Å²) in [5.74, 6) is -0.695. The van der Waals surface area contributed by atoms with Gasteiger partial charge in [0.15, 0.2) is 15.7 Å². The lowest BCUT2D eigenvalue weighted by Crippen LogP contribution is -2.26. The van der Waals surface area contributed by atoms with Gasteiger partial charge in [-0.25, -0.2) is 8.42 Å². The molecule has 1 heterocycles. The van der Waals surface area contributed by atoms with Crippen LogP contribution in [0.15, 0.2) is 22.7 Å². The van der Waals surface area contributed by atoms with Gasteiger partial charge < -0.3 is 9.84 Å². The maximum absolute atomic E-state index is 12.6. The van der Waals surface area contributed by atoms with Gasteiger partial charge in [0, 0.05) is 12.1 Å². The van der Waals surface area contributed by atoms with E-state index in [1.807, 2.05) is 39.0 Å². The van der Waals surface area contributed by atoms with Gasteiger partial charge in [-0.05, 0) is 37.8 Å². The van der Waals surface area contributed by atoms with Crippen molar-refractivity contribution < 1.29 is 17.7 Å². The Morgan fingerprint density at radius 2 is 2.04 bits per heavy atom. The summed E-state index contributed by atoms with van der Waals surface area (Å²) < 4.78 is 30.3. The number of unbranched alkanes of at least 4 members (excludes halogenated alkanes) is 1. The fourth-order valence-corrected chi connectivity index (χ4v) is 3.80. The molecule has 0 radical (unpaired) electrons. The first-order valence-corrected chi connectivity index (χ1v) is 10.9. The average Bonchev–Trinajstić information content (AvgIpc) is 3.09. The van der Waals surface area contributed by atoms with E-state index in [2.05, 4.69) is 15.5 Å². The number of aryl methyl sites for hydroxylation is 3. The Hall–Kier alpha value is -2.22. The molecule has 2 rings (SSSR count). The van der Waals surface area contributed by atoms with Crippen molar-refractivity contribution in [1.29, 1.82) is 0 Å². The number of benzene rings is 1. The zero-order valence-corrected chi connectivity index (χ0v) is 17.1. The van der Waals surface area contributed by atoms with E-state index >= 15 is 0 Å². The van der Waals surface area contributed by atoms with E-state index < -0.39 is 26.7 Å². The van der Waals surface area contributed by atoms with Crippen LogP contribution >= 0.6 is 0 Å². The van der Waals surface area contributed by atoms with E-state index in [0.29, 0.717) is 17.9 Å². The fourth-order valence-electron chi connectivity index (χ4n) is 2.71. The summed E-state index contributed by atoms with van der Waals surface area (Å²) in [5, 5.41) is 5.53. The van der Waals surface area contributed by atoms with Crippen molar-refractivity contribution in [2.45, 2.75) is 58.6 Å². The standard InChI is InChI=1S/C19H27N3O4S/c1-5-7-11-16-20-19(26-22-16)14(4)27(24,25)12-17(23)21-18-13(3)9-8-10-15(18)6-2/h8-10,14H,5-7,11-12H2,1-4H3,(H,21,23). The minimum atomic E-state index is -3.78. The van der Waals surface area contributed by atoms with E-state index in [1.54, 1.807) is 0 Å². The van der Waals surface area contributed by atoms with Crippen LogP contribution < -0.4 is 5.32 Å². The Balaban J connectivity index is 2.09. The lowest BCUT2D eigenvalue weighted by Gasteiger charge is -2.14. The molecule has 7 nitrogen and oxygen atoms in total. The number of para-hydroxylation sites is 1. The second-order valence-electron chi connectivity index (χ2n) is 6.61. The lowest BCUT2D eigenvalue weighted by molar-refractivity contribution is -0.113. The maximum atomic E-state index is 12.6. The SMILES string of the molecule is CCCCc1noc(C(C)S(=O)(=O)CC(=O)Nc2c(C)cccc2CC)n1. The number of carbonyl (C=O) groups excluding carboxylic acids is 1. The summed E-state index contributed by atoms with van der Waals surface area (Å²) in [6.07, 6.45) is 3.26. The highest BCUT2D eigenvalue weighted by Crippen LogP contribution is 2.24. The number of carbonyl (C=O) groups is 1. The van der Waals surface area contributed by atoms with Gasteiger partial charge in [0.2, 0.25) is 11.8 Å². The number of hydrogen-bond acceptors (Lipinski definition) is 6. The molecule has 1 aromatic carbocycles. The highest BCUT2D eigenvalue weighted by molar-refractivity contribution is 7.92. The average molecular weight is 394 g/mol. The van der Waals surface area contributed by atoms with Gasteiger partial charge in [-0.15, -0.1) is 0 Å². The number of aromatic nitrogens is 2. The molecule has 1 N–H and O–H groups in total. The summed E-state index contributed by atoms with van der Waals surface area (Å²) in [4.78, 5) is 16.5. The monoisotopic (exact) mass is 393 g/mol. The normalized spacial score (nSPS) is 12.7. The summed E-state index contributed by atoms with van der Waals surface area (Å²) in [7, 11) is -3.78. The summed E-state index contributed by atoms with van der Waals surface area (Å²) in [6.45, 7) is 7.37. The van der Waals surface area contributed by atoms with Gasteiger partial charge in [0.05, 0.1) is 0 Å². The molecule has 1 aromatic heterocycles. The zero-order chi connectivity index (χ0) is 20.0. The van der Waals surface area contributed by atoms with Crippen molar-refractivity contribution in [3.05, 3.63) is 41.0 Å². The molecule has 1 atom stereocenters. The van der Waals surface area contributed by atoms with Crippen LogP contribution in [0, 0.1) is 6.92 Å². The molecule has 0 saturated heterocycles. The molecule has 1 unspecified atom stereocenters. The molecular formula is C19H27N3O4S. The third-order valence-electron chi connectivity index (χ3n) is 4.46. The van der Waals surface area contributed by atoms with Crippen LogP contribution in [-0.4, -0.2) is 30.2 Å². The fraction of sp³-hybridized carbons (Fsp3) is 0.526. The van der Waals surface area contributed by atoms with Crippen molar-refractivity contribution >= 4 is 21.4 Å². The number of rotatable bonds is 9. The van der Waals surface area contributed by atoms with Crippen LogP contribution in [0.25, 0.3) is 0 Å². The number of amides is 1. The molecule has 8 heteroatoms. The number of hydrogen-bond donors (Lipinski definition) is 1. The van der Waals surface area contributed by atoms with Crippen LogP contribution in [-0.2, 0) is 27.5 Å². The van der Waals surface area contributed by atoms with E-state index in [9.17, 15) is 13.2 Å². The largest absolute Gasteiger partial charge is 0.338 e. The molecule has 0 spiro atoms. The number of sulfone groups is 1. The van der Waals surface area contributed by atoms with Gasteiger partial charge in [-0.1, -0.05) is 43.6 Å². The minimum Gasteiger partial charge on any atom is -0.338 e. The maximum Gasteiger partial charge on any atom is 0.244 e. The zero-order valence-electron chi connectivity index (χ0n) is 16.3. The van der Waals surface area contributed by atoms with Crippen LogP contribution in [0.3, 0.4) is 0 Å². The van der Waals surface area contributed by atoms with Gasteiger partial charge in [-0.2, -0.15) is 4.98 Å². The number of anilines is 1. The molecule has 0 fully saturated rings. The first-order chi connectivity index (χ1) is 12.8. The first-order valence-electron chi connectivity index (χ1n) is 9.20. The molecule has 27 heavy (non-hydrogen) atoms. The lowest BCUT2D eigenvalue weighted by atomic mass is 10.1. The van der Waals surface area contributed by atoms with E-state index in [4.69, 9.17) is 4.52 Å². The third kappa shape index (κ3) is 5.38. The Morgan fingerprint density at radius 1 is 1.30 bits per heavy atom. The molecular weight excluding hydrogens is 366 g/mol. The summed E-state index contributed by atoms with van der Waals surface area (Å²) >= 11 is 0. The highest BCUT2D eigenvalue weighted by Gasteiger charge is 2.30. The van der Waals surface area contributed by atoms with Gasteiger partial charge in [0.1, 0.15) is 11.0 Å². The third-order valence-corrected chi connectivity index (χ3v) is 6.40. The predicted molar refractivity (Wildman–Crippen MR) is 104 cm³/mol. The van der Waals surface area contributed by atoms with Gasteiger partial charge in [0.25, 0.3) is 0 Å². The van der Waals surface area contributed by atoms with Crippen molar-refractivity contribution in [2.75, 3.05) is 11.1 Å². The Labute approximate surface area is 160 Å². The van der Waals surface area contributed by atoms with E-state index in [-0.39, 0.29) is 5.89 Å². The van der Waals surface area contributed by atoms with Crippen LogP contribution in [0.4, 0.5) is 5.69 Å². The topological polar surface area (TPSA) is 102 Å². The predicted octanol–water partition coefficient (Wildman–Crippen LogP) is 3.40. The van der Waals surface area contributed by atoms with Crippen molar-refractivity contribution in [3.63, 3.8) is 0 Å². The van der Waals surface area contributed by atoms with Gasteiger partial charge in [-0.3, -0.25) is 4.79 Å². The molecule has 0 saturated carbocycles. The number of nitrogens with one attached hydrogen (secondary N) is 1. The first kappa shape index (κ1) is 21.1. The molecule has 2 aromatic rings. The molecule has 0 bridgehead atoms. The van der Waals surface area contributed by atoms with Gasteiger partial charge >= 0.3 is 0 Å². The highest BCUT2D eigenvalue weighted by atomic mass is 32.2. The van der Waals surface area contributed by atoms with Crippen LogP contribution in [0.2, 0.25) is 0 Å². The molecule has 0 aliphatic rings. The Bertz CT molecular complexity index is 890. The van der Waals surface area contributed by atoms with Crippen molar-refractivity contribution in [1.82, 2.24) is 10.1 Å².